The van der Waals surface area contributed by atoms with Crippen molar-refractivity contribution in [3.05, 3.63) is 46.1 Å². The molecule has 0 unspecified atom stereocenters. The molecule has 2 aromatic rings. The Morgan fingerprint density at radius 3 is 2.87 bits per heavy atom. The summed E-state index contributed by atoms with van der Waals surface area (Å²) >= 11 is 0. The first-order valence-electron chi connectivity index (χ1n) is 9.97. The van der Waals surface area contributed by atoms with E-state index in [0.717, 1.165) is 16.5 Å². The first-order valence-corrected chi connectivity index (χ1v) is 9.97. The average molecular weight is 415 g/mol. The van der Waals surface area contributed by atoms with Gasteiger partial charge in [-0.2, -0.15) is 0 Å². The minimum absolute atomic E-state index is 0.145. The quantitative estimate of drug-likeness (QED) is 0.365. The molecule has 1 aromatic carbocycles. The standard InChI is InChI=1S/C21H25N3O6/c1-13-8-19(25)16(17(13)11-24(28)29)9-21(27)30-12-20(26)22-7-6-14-10-23-18-5-3-2-4-15(14)18/h2-5,10,13,16-17,23H,6-9,11-12H2,1H3,(H,22,26)/t13-,16+,17+/m0/s1. The van der Waals surface area contributed by atoms with Crippen molar-refractivity contribution in [2.45, 2.75) is 26.2 Å². The molecule has 1 heterocycles. The van der Waals surface area contributed by atoms with Crippen molar-refractivity contribution in [1.82, 2.24) is 10.3 Å². The number of benzene rings is 1. The zero-order valence-corrected chi connectivity index (χ0v) is 16.8. The van der Waals surface area contributed by atoms with E-state index in [4.69, 9.17) is 4.74 Å². The SMILES string of the molecule is C[C@H]1CC(=O)[C@H](CC(=O)OCC(=O)NCCc2c[nH]c3ccccc23)[C@@H]1C[N+](=O)[O-]. The van der Waals surface area contributed by atoms with Gasteiger partial charge in [0, 0.05) is 46.8 Å². The van der Waals surface area contributed by atoms with E-state index >= 15 is 0 Å². The maximum absolute atomic E-state index is 12.1. The molecule has 0 aliphatic heterocycles. The minimum atomic E-state index is -0.720. The highest BCUT2D eigenvalue weighted by molar-refractivity contribution is 5.88. The molecule has 2 N–H and O–H groups in total. The van der Waals surface area contributed by atoms with E-state index < -0.39 is 35.2 Å². The summed E-state index contributed by atoms with van der Waals surface area (Å²) < 4.78 is 4.98. The van der Waals surface area contributed by atoms with Crippen LogP contribution in [0.3, 0.4) is 0 Å². The molecule has 1 aromatic heterocycles. The monoisotopic (exact) mass is 415 g/mol. The molecular formula is C21H25N3O6. The number of carbonyl (C=O) groups is 3. The Balaban J connectivity index is 1.41. The number of hydrogen-bond acceptors (Lipinski definition) is 6. The van der Waals surface area contributed by atoms with Gasteiger partial charge in [0.2, 0.25) is 6.54 Å². The van der Waals surface area contributed by atoms with E-state index in [0.29, 0.717) is 13.0 Å². The third-order valence-electron chi connectivity index (χ3n) is 5.69. The zero-order valence-electron chi connectivity index (χ0n) is 16.8. The molecule has 1 saturated carbocycles. The van der Waals surface area contributed by atoms with Gasteiger partial charge < -0.3 is 15.0 Å². The fourth-order valence-corrected chi connectivity index (χ4v) is 4.11. The fourth-order valence-electron chi connectivity index (χ4n) is 4.11. The summed E-state index contributed by atoms with van der Waals surface area (Å²) in [7, 11) is 0. The number of rotatable bonds is 9. The van der Waals surface area contributed by atoms with Crippen LogP contribution in [0.2, 0.25) is 0 Å². The number of ether oxygens (including phenoxy) is 1. The van der Waals surface area contributed by atoms with E-state index in [1.807, 2.05) is 30.5 Å². The van der Waals surface area contributed by atoms with Crippen LogP contribution in [0.5, 0.6) is 0 Å². The Morgan fingerprint density at radius 2 is 2.10 bits per heavy atom. The van der Waals surface area contributed by atoms with Crippen molar-refractivity contribution in [1.29, 1.82) is 0 Å². The smallest absolute Gasteiger partial charge is 0.307 e. The molecule has 0 spiro atoms. The van der Waals surface area contributed by atoms with Crippen LogP contribution in [0.25, 0.3) is 10.9 Å². The summed E-state index contributed by atoms with van der Waals surface area (Å²) in [6.07, 6.45) is 2.52. The van der Waals surface area contributed by atoms with Crippen LogP contribution in [0.15, 0.2) is 30.5 Å². The molecule has 0 radical (unpaired) electrons. The molecule has 160 valence electrons. The van der Waals surface area contributed by atoms with Gasteiger partial charge in [0.15, 0.2) is 6.61 Å². The van der Waals surface area contributed by atoms with Crippen LogP contribution in [-0.2, 0) is 25.5 Å². The maximum Gasteiger partial charge on any atom is 0.307 e. The number of nitrogens with one attached hydrogen (secondary N) is 2. The van der Waals surface area contributed by atoms with E-state index in [2.05, 4.69) is 10.3 Å². The minimum Gasteiger partial charge on any atom is -0.456 e. The number of aromatic nitrogens is 1. The second-order valence-electron chi connectivity index (χ2n) is 7.76. The molecule has 3 atom stereocenters. The van der Waals surface area contributed by atoms with Crippen molar-refractivity contribution in [3.8, 4) is 0 Å². The number of fused-ring (bicyclic) bond motifs is 1. The Morgan fingerprint density at radius 1 is 1.33 bits per heavy atom. The van der Waals surface area contributed by atoms with E-state index in [9.17, 15) is 24.5 Å². The van der Waals surface area contributed by atoms with Gasteiger partial charge in [-0.1, -0.05) is 25.1 Å². The summed E-state index contributed by atoms with van der Waals surface area (Å²) in [5.74, 6) is -2.63. The molecule has 9 heteroatoms. The second kappa shape index (κ2) is 9.51. The van der Waals surface area contributed by atoms with Gasteiger partial charge in [-0.15, -0.1) is 0 Å². The molecule has 0 bridgehead atoms. The van der Waals surface area contributed by atoms with Gasteiger partial charge in [-0.3, -0.25) is 24.5 Å². The van der Waals surface area contributed by atoms with Gasteiger partial charge in [0.1, 0.15) is 5.78 Å². The van der Waals surface area contributed by atoms with Gasteiger partial charge >= 0.3 is 5.97 Å². The van der Waals surface area contributed by atoms with Crippen LogP contribution in [0.1, 0.15) is 25.3 Å². The van der Waals surface area contributed by atoms with Crippen molar-refractivity contribution in [3.63, 3.8) is 0 Å². The Hall–Kier alpha value is -3.23. The van der Waals surface area contributed by atoms with Gasteiger partial charge in [-0.05, 0) is 24.0 Å². The average Bonchev–Trinajstić information content (AvgIpc) is 3.22. The van der Waals surface area contributed by atoms with Gasteiger partial charge in [0.25, 0.3) is 5.91 Å². The predicted octanol–water partition coefficient (Wildman–Crippen LogP) is 1.88. The van der Waals surface area contributed by atoms with Crippen LogP contribution in [0, 0.1) is 27.9 Å². The number of hydrogen-bond donors (Lipinski definition) is 2. The Kier molecular flexibility index (Phi) is 6.81. The third kappa shape index (κ3) is 5.22. The Bertz CT molecular complexity index is 953. The molecule has 9 nitrogen and oxygen atoms in total. The number of nitrogens with zero attached hydrogens (tertiary/aromatic N) is 1. The number of Topliss-reactive ketones (excluding diaryl/α,β-unsaturated/α-hetero) is 1. The number of carbonyl (C=O) groups excluding carboxylic acids is 3. The van der Waals surface area contributed by atoms with Crippen LogP contribution < -0.4 is 5.32 Å². The van der Waals surface area contributed by atoms with E-state index in [1.54, 1.807) is 6.92 Å². The first kappa shape index (κ1) is 21.5. The molecule has 1 amide bonds. The second-order valence-corrected chi connectivity index (χ2v) is 7.76. The number of nitro groups is 1. The number of ketones is 1. The lowest BCUT2D eigenvalue weighted by Gasteiger charge is -2.17. The largest absolute Gasteiger partial charge is 0.456 e. The van der Waals surface area contributed by atoms with Gasteiger partial charge in [-0.25, -0.2) is 0 Å². The molecule has 1 fully saturated rings. The van der Waals surface area contributed by atoms with E-state index in [1.165, 1.54) is 0 Å². The highest BCUT2D eigenvalue weighted by Gasteiger charge is 2.44. The number of H-pyrrole nitrogens is 1. The molecule has 1 aliphatic carbocycles. The van der Waals surface area contributed by atoms with Crippen LogP contribution >= 0.6 is 0 Å². The van der Waals surface area contributed by atoms with Crippen molar-refractivity contribution >= 4 is 28.6 Å². The lowest BCUT2D eigenvalue weighted by molar-refractivity contribution is -0.490. The normalized spacial score (nSPS) is 21.0. The fraction of sp³-hybridized carbons (Fsp3) is 0.476. The molecule has 0 saturated heterocycles. The highest BCUT2D eigenvalue weighted by Crippen LogP contribution is 2.36. The molecular weight excluding hydrogens is 390 g/mol. The summed E-state index contributed by atoms with van der Waals surface area (Å²) in [6, 6.07) is 7.87. The summed E-state index contributed by atoms with van der Waals surface area (Å²) in [5, 5.41) is 14.6. The van der Waals surface area contributed by atoms with Crippen molar-refractivity contribution < 1.29 is 24.0 Å². The molecule has 30 heavy (non-hydrogen) atoms. The van der Waals surface area contributed by atoms with Crippen LogP contribution in [-0.4, -0.2) is 47.3 Å². The Labute approximate surface area is 173 Å². The van der Waals surface area contributed by atoms with Gasteiger partial charge in [0.05, 0.1) is 6.42 Å². The van der Waals surface area contributed by atoms with Crippen molar-refractivity contribution in [2.24, 2.45) is 17.8 Å². The third-order valence-corrected chi connectivity index (χ3v) is 5.69. The predicted molar refractivity (Wildman–Crippen MR) is 108 cm³/mol. The van der Waals surface area contributed by atoms with Crippen LogP contribution in [0.4, 0.5) is 0 Å². The number of aromatic amines is 1. The number of esters is 1. The maximum atomic E-state index is 12.1. The zero-order chi connectivity index (χ0) is 21.7. The topological polar surface area (TPSA) is 131 Å². The number of amides is 1. The van der Waals surface area contributed by atoms with E-state index in [-0.39, 0.29) is 31.1 Å². The molecule has 3 rings (SSSR count). The lowest BCUT2D eigenvalue weighted by atomic mass is 9.88. The van der Waals surface area contributed by atoms with Crippen molar-refractivity contribution in [2.75, 3.05) is 19.7 Å². The lowest BCUT2D eigenvalue weighted by Crippen LogP contribution is -2.32. The summed E-state index contributed by atoms with van der Waals surface area (Å²) in [6.45, 7) is 1.38. The molecule has 1 aliphatic rings. The summed E-state index contributed by atoms with van der Waals surface area (Å²) in [4.78, 5) is 49.6. The first-order chi connectivity index (χ1) is 14.3. The highest BCUT2D eigenvalue weighted by atomic mass is 16.6. The summed E-state index contributed by atoms with van der Waals surface area (Å²) in [5.41, 5.74) is 2.10. The number of para-hydroxylation sites is 1.